The molecule has 64 valence electrons. The quantitative estimate of drug-likeness (QED) is 0.526. The Kier molecular flexibility index (Phi) is 4.93. The molecule has 0 nitrogen and oxygen atoms in total. The van der Waals surface area contributed by atoms with E-state index in [0.29, 0.717) is 5.92 Å². The van der Waals surface area contributed by atoms with E-state index in [1.165, 1.54) is 5.57 Å². The summed E-state index contributed by atoms with van der Waals surface area (Å²) in [4.78, 5) is 0. The van der Waals surface area contributed by atoms with Crippen molar-refractivity contribution in [3.8, 4) is 0 Å². The highest BCUT2D eigenvalue weighted by atomic mass is 14.1. The molecule has 0 aliphatic carbocycles. The minimum absolute atomic E-state index is 0.584. The monoisotopic (exact) mass is 152 g/mol. The maximum atomic E-state index is 4.04. The highest BCUT2D eigenvalue weighted by Gasteiger charge is 2.02. The van der Waals surface area contributed by atoms with Crippen LogP contribution in [0, 0.1) is 11.8 Å². The van der Waals surface area contributed by atoms with E-state index in [0.717, 1.165) is 18.8 Å². The van der Waals surface area contributed by atoms with Gasteiger partial charge in [-0.3, -0.25) is 0 Å². The molecule has 0 saturated carbocycles. The van der Waals surface area contributed by atoms with E-state index in [9.17, 15) is 0 Å². The first kappa shape index (κ1) is 10.5. The van der Waals surface area contributed by atoms with Gasteiger partial charge >= 0.3 is 0 Å². The van der Waals surface area contributed by atoms with Gasteiger partial charge in [-0.15, -0.1) is 6.58 Å². The predicted molar refractivity (Wildman–Crippen MR) is 52.6 cm³/mol. The van der Waals surface area contributed by atoms with Crippen LogP contribution in [-0.2, 0) is 0 Å². The van der Waals surface area contributed by atoms with E-state index in [1.54, 1.807) is 0 Å². The van der Waals surface area contributed by atoms with Crippen LogP contribution in [0.5, 0.6) is 0 Å². The van der Waals surface area contributed by atoms with Crippen LogP contribution in [0.1, 0.15) is 33.6 Å². The van der Waals surface area contributed by atoms with Gasteiger partial charge in [0, 0.05) is 0 Å². The zero-order valence-electron chi connectivity index (χ0n) is 8.06. The second-order valence-corrected chi connectivity index (χ2v) is 3.77. The zero-order valence-corrected chi connectivity index (χ0v) is 8.06. The van der Waals surface area contributed by atoms with E-state index >= 15 is 0 Å². The summed E-state index contributed by atoms with van der Waals surface area (Å²) >= 11 is 0. The highest BCUT2D eigenvalue weighted by Crippen LogP contribution is 2.17. The normalized spacial score (nSPS) is 13.1. The predicted octanol–water partition coefficient (Wildman–Crippen LogP) is 3.80. The Bertz CT molecular complexity index is 131. The van der Waals surface area contributed by atoms with Gasteiger partial charge in [-0.05, 0) is 24.7 Å². The number of rotatable bonds is 5. The molecule has 0 spiro atoms. The van der Waals surface area contributed by atoms with Gasteiger partial charge in [0.1, 0.15) is 0 Å². The molecule has 0 rings (SSSR count). The van der Waals surface area contributed by atoms with Gasteiger partial charge in [0.25, 0.3) is 0 Å². The van der Waals surface area contributed by atoms with Gasteiger partial charge < -0.3 is 0 Å². The molecule has 0 amide bonds. The molecule has 1 atom stereocenters. The molecule has 0 N–H and O–H groups in total. The maximum Gasteiger partial charge on any atom is -0.0227 e. The lowest BCUT2D eigenvalue weighted by atomic mass is 9.96. The first-order chi connectivity index (χ1) is 5.06. The summed E-state index contributed by atoms with van der Waals surface area (Å²) in [7, 11) is 0. The molecule has 0 aliphatic heterocycles. The van der Waals surface area contributed by atoms with Crippen LogP contribution in [0.15, 0.2) is 24.8 Å². The molecule has 0 saturated heterocycles. The smallest absolute Gasteiger partial charge is 0.0227 e. The van der Waals surface area contributed by atoms with Crippen molar-refractivity contribution in [1.29, 1.82) is 0 Å². The lowest BCUT2D eigenvalue weighted by molar-refractivity contribution is 0.598. The highest BCUT2D eigenvalue weighted by molar-refractivity contribution is 4.98. The Balaban J connectivity index is 3.60. The molecule has 0 aliphatic rings. The van der Waals surface area contributed by atoms with Crippen molar-refractivity contribution in [2.24, 2.45) is 11.8 Å². The minimum Gasteiger partial charge on any atom is -0.103 e. The van der Waals surface area contributed by atoms with Crippen molar-refractivity contribution in [1.82, 2.24) is 0 Å². The lowest BCUT2D eigenvalue weighted by Crippen LogP contribution is -1.95. The van der Waals surface area contributed by atoms with Gasteiger partial charge in [0.2, 0.25) is 0 Å². The van der Waals surface area contributed by atoms with Crippen molar-refractivity contribution in [2.45, 2.75) is 33.6 Å². The van der Waals surface area contributed by atoms with Crippen LogP contribution in [0.3, 0.4) is 0 Å². The summed E-state index contributed by atoms with van der Waals surface area (Å²) in [6.07, 6.45) is 4.24. The largest absolute Gasteiger partial charge is 0.103 e. The third-order valence-electron chi connectivity index (χ3n) is 1.71. The average Bonchev–Trinajstić information content (AvgIpc) is 1.85. The topological polar surface area (TPSA) is 0 Å². The first-order valence-electron chi connectivity index (χ1n) is 4.35. The number of hydrogen-bond donors (Lipinski definition) is 0. The van der Waals surface area contributed by atoms with E-state index < -0.39 is 0 Å². The van der Waals surface area contributed by atoms with Gasteiger partial charge in [-0.1, -0.05) is 39.0 Å². The van der Waals surface area contributed by atoms with Crippen LogP contribution in [0.25, 0.3) is 0 Å². The molecule has 0 bridgehead atoms. The van der Waals surface area contributed by atoms with Crippen molar-refractivity contribution < 1.29 is 0 Å². The molecule has 0 aromatic carbocycles. The zero-order chi connectivity index (χ0) is 8.85. The molecule has 11 heavy (non-hydrogen) atoms. The third kappa shape index (κ3) is 5.90. The molecule has 0 aromatic rings. The molecule has 0 fully saturated rings. The molecule has 0 aromatic heterocycles. The Morgan fingerprint density at radius 2 is 1.82 bits per heavy atom. The maximum absolute atomic E-state index is 4.04. The Morgan fingerprint density at radius 1 is 1.27 bits per heavy atom. The fourth-order valence-corrected chi connectivity index (χ4v) is 1.20. The van der Waals surface area contributed by atoms with Crippen LogP contribution < -0.4 is 0 Å². The summed E-state index contributed by atoms with van der Waals surface area (Å²) in [5, 5.41) is 0. The first-order valence-corrected chi connectivity index (χ1v) is 4.35. The minimum atomic E-state index is 0.584. The molecule has 0 heterocycles. The van der Waals surface area contributed by atoms with Gasteiger partial charge in [0.15, 0.2) is 0 Å². The van der Waals surface area contributed by atoms with Crippen LogP contribution in [0.4, 0.5) is 0 Å². The Hall–Kier alpha value is -0.520. The second kappa shape index (κ2) is 5.17. The van der Waals surface area contributed by atoms with Crippen molar-refractivity contribution in [3.63, 3.8) is 0 Å². The van der Waals surface area contributed by atoms with Crippen LogP contribution in [0.2, 0.25) is 0 Å². The van der Waals surface area contributed by atoms with Gasteiger partial charge in [0.05, 0.1) is 0 Å². The summed E-state index contributed by atoms with van der Waals surface area (Å²) < 4.78 is 0. The summed E-state index contributed by atoms with van der Waals surface area (Å²) in [5.41, 5.74) is 1.35. The lowest BCUT2D eigenvalue weighted by Gasteiger charge is -2.10. The van der Waals surface area contributed by atoms with Crippen molar-refractivity contribution in [2.75, 3.05) is 0 Å². The molecular weight excluding hydrogens is 132 g/mol. The average molecular weight is 152 g/mol. The van der Waals surface area contributed by atoms with Crippen molar-refractivity contribution >= 4 is 0 Å². The molecule has 1 unspecified atom stereocenters. The van der Waals surface area contributed by atoms with E-state index in [2.05, 4.69) is 33.9 Å². The number of allylic oxidation sites excluding steroid dienone is 2. The summed E-state index contributed by atoms with van der Waals surface area (Å²) in [5.74, 6) is 1.32. The van der Waals surface area contributed by atoms with Crippen LogP contribution in [-0.4, -0.2) is 0 Å². The fraction of sp³-hybridized carbons (Fsp3) is 0.636. The van der Waals surface area contributed by atoms with Gasteiger partial charge in [-0.25, -0.2) is 0 Å². The second-order valence-electron chi connectivity index (χ2n) is 3.77. The van der Waals surface area contributed by atoms with Crippen LogP contribution >= 0.6 is 0 Å². The van der Waals surface area contributed by atoms with Crippen molar-refractivity contribution in [3.05, 3.63) is 24.8 Å². The van der Waals surface area contributed by atoms with E-state index in [-0.39, 0.29) is 0 Å². The van der Waals surface area contributed by atoms with Gasteiger partial charge in [-0.2, -0.15) is 0 Å². The summed E-state index contributed by atoms with van der Waals surface area (Å²) in [6, 6.07) is 0. The standard InChI is InChI=1S/C11H20/c1-6-10(4)8-11(5)7-9(2)3/h6,9-10H,1,5,7-8H2,2-4H3. The summed E-state index contributed by atoms with van der Waals surface area (Å²) in [6.45, 7) is 14.4. The molecular formula is C11H20. The van der Waals surface area contributed by atoms with E-state index in [1.807, 2.05) is 6.08 Å². The van der Waals surface area contributed by atoms with E-state index in [4.69, 9.17) is 0 Å². The molecule has 0 radical (unpaired) electrons. The third-order valence-corrected chi connectivity index (χ3v) is 1.71. The Labute approximate surface area is 71.0 Å². The fourth-order valence-electron chi connectivity index (χ4n) is 1.20. The SMILES string of the molecule is C=CC(C)CC(=C)CC(C)C. The molecule has 0 heteroatoms. The number of hydrogen-bond acceptors (Lipinski definition) is 0. The Morgan fingerprint density at radius 3 is 2.18 bits per heavy atom.